The zero-order chi connectivity index (χ0) is 19.9. The Hall–Kier alpha value is -1.26. The lowest BCUT2D eigenvalue weighted by molar-refractivity contribution is -0.382. The molecule has 0 aliphatic carbocycles. The number of halogens is 13. The van der Waals surface area contributed by atoms with Crippen molar-refractivity contribution in [3.8, 4) is 0 Å². The third-order valence-corrected chi connectivity index (χ3v) is 3.20. The van der Waals surface area contributed by atoms with E-state index in [1.54, 1.807) is 0 Å². The normalized spacial score (nSPS) is 14.9. The number of hydrogen-bond donors (Lipinski definition) is 0. The van der Waals surface area contributed by atoms with Gasteiger partial charge < -0.3 is 0 Å². The molecule has 0 aliphatic rings. The molecule has 1 radical (unpaired) electrons. The van der Waals surface area contributed by atoms with Crippen molar-refractivity contribution >= 4 is 10.1 Å². The van der Waals surface area contributed by atoms with E-state index < -0.39 is 51.7 Å². The summed E-state index contributed by atoms with van der Waals surface area (Å²) in [5.74, 6) is -19.1. The fourth-order valence-corrected chi connectivity index (χ4v) is 1.59. The Kier molecular flexibility index (Phi) is 5.90. The summed E-state index contributed by atoms with van der Waals surface area (Å²) in [4.78, 5) is 0. The molecule has 0 atom stereocenters. The maximum atomic E-state index is 12.9. The van der Waals surface area contributed by atoms with E-state index in [4.69, 9.17) is 0 Å². The van der Waals surface area contributed by atoms with Gasteiger partial charge in [0.05, 0.1) is 0 Å². The predicted octanol–water partition coefficient (Wildman–Crippen LogP) is 4.30. The monoisotopic (exact) mass is 411 g/mol. The zero-order valence-electron chi connectivity index (χ0n) is 10.0. The molecule has 0 N–H and O–H groups in total. The van der Waals surface area contributed by atoms with Gasteiger partial charge in [0.15, 0.2) is 0 Å². The van der Waals surface area contributed by atoms with Gasteiger partial charge in [-0.15, -0.1) is 0 Å². The second kappa shape index (κ2) is 6.23. The summed E-state index contributed by atoms with van der Waals surface area (Å²) >= 11 is 0. The first kappa shape index (κ1) is 22.7. The van der Waals surface area contributed by atoms with Crippen LogP contribution in [0.3, 0.4) is 0 Å². The first-order valence-corrected chi connectivity index (χ1v) is 6.02. The Morgan fingerprint density at radius 3 is 1.38 bits per heavy atom. The largest absolute Gasteiger partial charge is 0.460 e. The molecule has 3 nitrogen and oxygen atoms in total. The van der Waals surface area contributed by atoms with Crippen molar-refractivity contribution < 1.29 is 69.7 Å². The maximum Gasteiger partial charge on any atom is 0.460 e. The maximum absolute atomic E-state index is 12.9. The van der Waals surface area contributed by atoms with Crippen LogP contribution >= 0.6 is 0 Å². The van der Waals surface area contributed by atoms with Crippen molar-refractivity contribution in [2.45, 2.75) is 23.3 Å². The minimum Gasteiger partial charge on any atom is -0.211 e. The molecule has 0 fully saturated rings. The van der Waals surface area contributed by atoms with E-state index in [0.717, 1.165) is 0 Å². The number of rotatable bonds is 6. The molecule has 17 heteroatoms. The highest BCUT2D eigenvalue weighted by atomic mass is 32.2. The highest BCUT2D eigenvalue weighted by Gasteiger charge is 2.86. The van der Waals surface area contributed by atoms with Gasteiger partial charge in [-0.3, -0.25) is 0 Å². The van der Waals surface area contributed by atoms with Crippen LogP contribution < -0.4 is 0 Å². The summed E-state index contributed by atoms with van der Waals surface area (Å²) in [6.45, 7) is 0. The van der Waals surface area contributed by atoms with Gasteiger partial charge in [0.25, 0.3) is 0 Å². The topological polar surface area (TPSA) is 43.4 Å². The van der Waals surface area contributed by atoms with Crippen molar-refractivity contribution in [2.24, 2.45) is 0 Å². The molecule has 0 spiro atoms. The summed E-state index contributed by atoms with van der Waals surface area (Å²) in [5, 5.41) is -7.51. The molecule has 0 unspecified atom stereocenters. The number of hydrogen-bond acceptors (Lipinski definition) is 3. The Morgan fingerprint density at radius 2 is 1.08 bits per heavy atom. The Bertz CT molecular complexity index is 600. The molecule has 0 heterocycles. The molecule has 143 valence electrons. The van der Waals surface area contributed by atoms with Crippen LogP contribution in [0.4, 0.5) is 57.1 Å². The minimum atomic E-state index is -7.82. The fourth-order valence-electron chi connectivity index (χ4n) is 0.777. The molecule has 0 rings (SSSR count). The van der Waals surface area contributed by atoms with Gasteiger partial charge in [0, 0.05) is 0 Å². The van der Waals surface area contributed by atoms with Crippen LogP contribution in [0, 0.1) is 6.36 Å². The molecule has 0 amide bonds. The van der Waals surface area contributed by atoms with E-state index in [2.05, 4.69) is 4.18 Å². The van der Waals surface area contributed by atoms with Gasteiger partial charge in [0.2, 0.25) is 5.83 Å². The lowest BCUT2D eigenvalue weighted by atomic mass is 10.1. The lowest BCUT2D eigenvalue weighted by Crippen LogP contribution is -2.63. The van der Waals surface area contributed by atoms with Gasteiger partial charge in [-0.25, -0.2) is 4.18 Å². The molecule has 0 aromatic heterocycles. The Balaban J connectivity index is 6.01. The van der Waals surface area contributed by atoms with Gasteiger partial charge in [0.1, 0.15) is 0 Å². The van der Waals surface area contributed by atoms with Gasteiger partial charge in [-0.1, -0.05) is 0 Å². The molecule has 0 aromatic carbocycles. The van der Waals surface area contributed by atoms with E-state index in [1.165, 1.54) is 0 Å². The highest BCUT2D eigenvalue weighted by Crippen LogP contribution is 2.55. The Morgan fingerprint density at radius 1 is 0.708 bits per heavy atom. The molecule has 0 aromatic rings. The standard InChI is InChI=1S/C7F13O3S/c8-1(2(9)10)3(11)23-24(21,22)7(19,20)5(14,15)4(12,13)6(16,17)18. The highest BCUT2D eigenvalue weighted by molar-refractivity contribution is 7.88. The average molecular weight is 411 g/mol. The van der Waals surface area contributed by atoms with Crippen molar-refractivity contribution in [2.75, 3.05) is 0 Å². The number of alkyl halides is 9. The van der Waals surface area contributed by atoms with Crippen molar-refractivity contribution in [3.05, 3.63) is 18.3 Å². The van der Waals surface area contributed by atoms with Crippen LogP contribution in [0.15, 0.2) is 11.9 Å². The summed E-state index contributed by atoms with van der Waals surface area (Å²) in [6, 6.07) is 0. The van der Waals surface area contributed by atoms with Gasteiger partial charge >= 0.3 is 45.8 Å². The molecule has 0 aliphatic heterocycles. The summed E-state index contributed by atoms with van der Waals surface area (Å²) in [5.41, 5.74) is 0. The lowest BCUT2D eigenvalue weighted by Gasteiger charge is -2.32. The third kappa shape index (κ3) is 3.55. The van der Waals surface area contributed by atoms with E-state index in [-0.39, 0.29) is 0 Å². The van der Waals surface area contributed by atoms with E-state index in [1.807, 2.05) is 0 Å². The quantitative estimate of drug-likeness (QED) is 0.484. The van der Waals surface area contributed by atoms with Crippen molar-refractivity contribution in [3.63, 3.8) is 0 Å². The first-order chi connectivity index (χ1) is 10.2. The van der Waals surface area contributed by atoms with Crippen LogP contribution in [-0.2, 0) is 14.3 Å². The zero-order valence-corrected chi connectivity index (χ0v) is 10.9. The summed E-state index contributed by atoms with van der Waals surface area (Å²) in [6.07, 6.45) is -15.0. The average Bonchev–Trinajstić information content (AvgIpc) is 2.34. The van der Waals surface area contributed by atoms with Gasteiger partial charge in [-0.05, 0) is 0 Å². The Labute approximate surface area is 122 Å². The van der Waals surface area contributed by atoms with Crippen molar-refractivity contribution in [1.29, 1.82) is 0 Å². The predicted molar refractivity (Wildman–Crippen MR) is 45.6 cm³/mol. The second-order valence-corrected chi connectivity index (χ2v) is 5.14. The van der Waals surface area contributed by atoms with Crippen molar-refractivity contribution in [1.82, 2.24) is 0 Å². The van der Waals surface area contributed by atoms with E-state index in [0.29, 0.717) is 0 Å². The molecule has 0 saturated heterocycles. The van der Waals surface area contributed by atoms with Crippen LogP contribution in [0.1, 0.15) is 0 Å². The second-order valence-electron chi connectivity index (χ2n) is 3.55. The molecular weight excluding hydrogens is 411 g/mol. The van der Waals surface area contributed by atoms with Crippen LogP contribution in [-0.4, -0.2) is 31.7 Å². The van der Waals surface area contributed by atoms with Crippen LogP contribution in [0.5, 0.6) is 0 Å². The molecule has 24 heavy (non-hydrogen) atoms. The minimum absolute atomic E-state index is 2.10. The third-order valence-electron chi connectivity index (χ3n) is 1.95. The SMILES string of the molecule is O=S(=O)(O[C](F)C(F)=C(F)F)C(F)(F)C(F)(F)C(F)(F)C(F)(F)F. The summed E-state index contributed by atoms with van der Waals surface area (Å²) < 4.78 is 182. The van der Waals surface area contributed by atoms with Crippen LogP contribution in [0.25, 0.3) is 0 Å². The molecule has 0 bridgehead atoms. The van der Waals surface area contributed by atoms with E-state index in [9.17, 15) is 65.5 Å². The van der Waals surface area contributed by atoms with E-state index >= 15 is 0 Å². The summed E-state index contributed by atoms with van der Waals surface area (Å²) in [7, 11) is -7.82. The smallest absolute Gasteiger partial charge is 0.211 e. The van der Waals surface area contributed by atoms with Gasteiger partial charge in [-0.2, -0.15) is 65.5 Å². The first-order valence-electron chi connectivity index (χ1n) is 4.62. The fraction of sp³-hybridized carbons (Fsp3) is 0.571. The molecular formula is C7F13O3S. The van der Waals surface area contributed by atoms with Crippen LogP contribution in [0.2, 0.25) is 0 Å². The molecule has 0 saturated carbocycles.